The molecular formula is C11H10ClN3O. The fourth-order valence-corrected chi connectivity index (χ4v) is 2.11. The zero-order valence-corrected chi connectivity index (χ0v) is 9.21. The molecule has 0 amide bonds. The number of aromatic nitrogens is 2. The summed E-state index contributed by atoms with van der Waals surface area (Å²) in [5.74, 6) is 0. The van der Waals surface area contributed by atoms with Gasteiger partial charge in [0.25, 0.3) is 5.56 Å². The van der Waals surface area contributed by atoms with Gasteiger partial charge in [0.2, 0.25) is 0 Å². The van der Waals surface area contributed by atoms with E-state index in [9.17, 15) is 4.79 Å². The maximum atomic E-state index is 11.6. The number of nitrogens with zero attached hydrogens (tertiary/aromatic N) is 1. The Morgan fingerprint density at radius 1 is 1.19 bits per heavy atom. The van der Waals surface area contributed by atoms with Crippen LogP contribution >= 0.6 is 11.6 Å². The van der Waals surface area contributed by atoms with Gasteiger partial charge in [-0.15, -0.1) is 0 Å². The lowest BCUT2D eigenvalue weighted by atomic mass is 10.3. The molecule has 0 spiro atoms. The molecule has 0 fully saturated rings. The molecule has 0 unspecified atom stereocenters. The predicted molar refractivity (Wildman–Crippen MR) is 61.9 cm³/mol. The highest BCUT2D eigenvalue weighted by Crippen LogP contribution is 2.17. The van der Waals surface area contributed by atoms with Crippen LogP contribution in [-0.2, 0) is 13.1 Å². The summed E-state index contributed by atoms with van der Waals surface area (Å²) < 4.78 is 1.81. The van der Waals surface area contributed by atoms with Crippen LogP contribution in [-0.4, -0.2) is 9.78 Å². The standard InChI is InChI=1S/C11H10ClN3O/c12-7-1-3-8(4-2-7)15-10-6-13-5-9(10)11(16)14-15/h1-4,13H,5-6H2,(H,14,16). The van der Waals surface area contributed by atoms with E-state index in [0.717, 1.165) is 23.5 Å². The average molecular weight is 236 g/mol. The van der Waals surface area contributed by atoms with Crippen LogP contribution < -0.4 is 10.9 Å². The molecule has 16 heavy (non-hydrogen) atoms. The normalized spacial score (nSPS) is 14.1. The number of H-pyrrole nitrogens is 1. The monoisotopic (exact) mass is 235 g/mol. The Hall–Kier alpha value is -1.52. The number of halogens is 1. The van der Waals surface area contributed by atoms with Gasteiger partial charge in [0, 0.05) is 18.1 Å². The van der Waals surface area contributed by atoms with E-state index in [4.69, 9.17) is 11.6 Å². The highest BCUT2D eigenvalue weighted by Gasteiger charge is 2.19. The molecule has 0 saturated heterocycles. The third-order valence-corrected chi connectivity index (χ3v) is 3.04. The Morgan fingerprint density at radius 3 is 2.69 bits per heavy atom. The van der Waals surface area contributed by atoms with E-state index in [2.05, 4.69) is 10.4 Å². The van der Waals surface area contributed by atoms with Gasteiger partial charge in [0.1, 0.15) is 0 Å². The van der Waals surface area contributed by atoms with Crippen molar-refractivity contribution in [2.24, 2.45) is 0 Å². The Balaban J connectivity index is 2.17. The third kappa shape index (κ3) is 1.38. The summed E-state index contributed by atoms with van der Waals surface area (Å²) in [6.45, 7) is 1.36. The van der Waals surface area contributed by atoms with Gasteiger partial charge in [0.05, 0.1) is 16.9 Å². The fourth-order valence-electron chi connectivity index (χ4n) is 1.99. The summed E-state index contributed by atoms with van der Waals surface area (Å²) in [5.41, 5.74) is 2.74. The van der Waals surface area contributed by atoms with Crippen LogP contribution in [0.25, 0.3) is 5.69 Å². The quantitative estimate of drug-likeness (QED) is 0.786. The second-order valence-corrected chi connectivity index (χ2v) is 4.22. The summed E-state index contributed by atoms with van der Waals surface area (Å²) in [6.07, 6.45) is 0. The van der Waals surface area contributed by atoms with E-state index in [1.165, 1.54) is 0 Å². The van der Waals surface area contributed by atoms with Gasteiger partial charge in [-0.3, -0.25) is 14.6 Å². The lowest BCUT2D eigenvalue weighted by Gasteiger charge is -2.06. The Kier molecular flexibility index (Phi) is 2.12. The first kappa shape index (κ1) is 9.69. The van der Waals surface area contributed by atoms with Crippen molar-refractivity contribution >= 4 is 11.6 Å². The number of fused-ring (bicyclic) bond motifs is 1. The first-order valence-electron chi connectivity index (χ1n) is 5.05. The lowest BCUT2D eigenvalue weighted by Crippen LogP contribution is -2.13. The molecule has 4 nitrogen and oxygen atoms in total. The third-order valence-electron chi connectivity index (χ3n) is 2.78. The first-order valence-corrected chi connectivity index (χ1v) is 5.43. The summed E-state index contributed by atoms with van der Waals surface area (Å²) >= 11 is 5.83. The first-order chi connectivity index (χ1) is 7.75. The molecule has 1 aromatic heterocycles. The van der Waals surface area contributed by atoms with Crippen molar-refractivity contribution in [1.82, 2.24) is 15.1 Å². The molecule has 82 valence electrons. The van der Waals surface area contributed by atoms with E-state index in [1.807, 2.05) is 28.9 Å². The lowest BCUT2D eigenvalue weighted by molar-refractivity contribution is 0.704. The Morgan fingerprint density at radius 2 is 1.94 bits per heavy atom. The topological polar surface area (TPSA) is 49.8 Å². The molecule has 2 N–H and O–H groups in total. The predicted octanol–water partition coefficient (Wildman–Crippen LogP) is 1.42. The molecule has 0 radical (unpaired) electrons. The van der Waals surface area contributed by atoms with Gasteiger partial charge in [0.15, 0.2) is 0 Å². The van der Waals surface area contributed by atoms with Crippen LogP contribution in [0, 0.1) is 0 Å². The van der Waals surface area contributed by atoms with Gasteiger partial charge in [-0.25, -0.2) is 0 Å². The number of nitrogens with one attached hydrogen (secondary N) is 2. The molecule has 0 aliphatic carbocycles. The molecule has 2 heterocycles. The maximum Gasteiger partial charge on any atom is 0.269 e. The zero-order valence-electron chi connectivity index (χ0n) is 8.46. The van der Waals surface area contributed by atoms with E-state index >= 15 is 0 Å². The average Bonchev–Trinajstić information content (AvgIpc) is 2.84. The van der Waals surface area contributed by atoms with E-state index in [-0.39, 0.29) is 5.56 Å². The summed E-state index contributed by atoms with van der Waals surface area (Å²) in [5, 5.41) is 6.68. The Bertz CT molecular complexity index is 582. The van der Waals surface area contributed by atoms with Crippen LogP contribution in [0.4, 0.5) is 0 Å². The van der Waals surface area contributed by atoms with Crippen LogP contribution in [0.3, 0.4) is 0 Å². The van der Waals surface area contributed by atoms with E-state index in [1.54, 1.807) is 0 Å². The largest absolute Gasteiger partial charge is 0.307 e. The minimum absolute atomic E-state index is 0.0186. The number of benzene rings is 1. The fraction of sp³-hybridized carbons (Fsp3) is 0.182. The van der Waals surface area contributed by atoms with E-state index in [0.29, 0.717) is 11.6 Å². The molecule has 1 aromatic carbocycles. The second-order valence-electron chi connectivity index (χ2n) is 3.78. The minimum atomic E-state index is -0.0186. The van der Waals surface area contributed by atoms with Crippen molar-refractivity contribution in [2.75, 3.05) is 0 Å². The molecule has 3 rings (SSSR count). The number of hydrogen-bond donors (Lipinski definition) is 2. The van der Waals surface area contributed by atoms with Crippen molar-refractivity contribution in [3.8, 4) is 5.69 Å². The molecule has 0 atom stereocenters. The molecule has 0 bridgehead atoms. The van der Waals surface area contributed by atoms with Crippen molar-refractivity contribution in [1.29, 1.82) is 0 Å². The SMILES string of the molecule is O=c1[nH]n(-c2ccc(Cl)cc2)c2c1CNC2. The molecular weight excluding hydrogens is 226 g/mol. The van der Waals surface area contributed by atoms with Gasteiger partial charge in [-0.05, 0) is 24.3 Å². The summed E-state index contributed by atoms with van der Waals surface area (Å²) in [4.78, 5) is 11.6. The van der Waals surface area contributed by atoms with Gasteiger partial charge < -0.3 is 5.32 Å². The van der Waals surface area contributed by atoms with E-state index < -0.39 is 0 Å². The van der Waals surface area contributed by atoms with Crippen molar-refractivity contribution in [3.63, 3.8) is 0 Å². The zero-order chi connectivity index (χ0) is 11.1. The van der Waals surface area contributed by atoms with Crippen molar-refractivity contribution in [2.45, 2.75) is 13.1 Å². The maximum absolute atomic E-state index is 11.6. The van der Waals surface area contributed by atoms with Gasteiger partial charge >= 0.3 is 0 Å². The molecule has 1 aliphatic rings. The van der Waals surface area contributed by atoms with Gasteiger partial charge in [-0.2, -0.15) is 0 Å². The summed E-state index contributed by atoms with van der Waals surface area (Å²) in [7, 11) is 0. The minimum Gasteiger partial charge on any atom is -0.307 e. The number of rotatable bonds is 1. The van der Waals surface area contributed by atoms with Crippen LogP contribution in [0.1, 0.15) is 11.3 Å². The highest BCUT2D eigenvalue weighted by molar-refractivity contribution is 6.30. The molecule has 1 aliphatic heterocycles. The highest BCUT2D eigenvalue weighted by atomic mass is 35.5. The molecule has 0 saturated carbocycles. The van der Waals surface area contributed by atoms with Gasteiger partial charge in [-0.1, -0.05) is 11.6 Å². The molecule has 5 heteroatoms. The number of aromatic amines is 1. The smallest absolute Gasteiger partial charge is 0.269 e. The molecule has 2 aromatic rings. The van der Waals surface area contributed by atoms with Crippen molar-refractivity contribution < 1.29 is 0 Å². The van der Waals surface area contributed by atoms with Crippen LogP contribution in [0.5, 0.6) is 0 Å². The second kappa shape index (κ2) is 3.50. The number of hydrogen-bond acceptors (Lipinski definition) is 2. The van der Waals surface area contributed by atoms with Crippen LogP contribution in [0.15, 0.2) is 29.1 Å². The van der Waals surface area contributed by atoms with Crippen LogP contribution in [0.2, 0.25) is 5.02 Å². The summed E-state index contributed by atoms with van der Waals surface area (Å²) in [6, 6.07) is 7.39. The Labute approximate surface area is 96.8 Å². The van der Waals surface area contributed by atoms with Crippen molar-refractivity contribution in [3.05, 3.63) is 50.9 Å².